The number of fused-ring (bicyclic) bond motifs is 3. The molecule has 5 nitrogen and oxygen atoms in total. The highest BCUT2D eigenvalue weighted by molar-refractivity contribution is 6.11. The van der Waals surface area contributed by atoms with Crippen molar-refractivity contribution in [1.82, 2.24) is 0 Å². The van der Waals surface area contributed by atoms with E-state index in [0.29, 0.717) is 22.9 Å². The largest absolute Gasteiger partial charge is 0.507 e. The molecule has 0 amide bonds. The third-order valence-electron chi connectivity index (χ3n) is 4.80. The number of rotatable bonds is 2. The molecule has 0 bridgehead atoms. The molecule has 0 spiro atoms. The van der Waals surface area contributed by atoms with Crippen molar-refractivity contribution in [3.8, 4) is 11.5 Å². The van der Waals surface area contributed by atoms with Crippen molar-refractivity contribution < 1.29 is 19.1 Å². The minimum Gasteiger partial charge on any atom is -0.507 e. The van der Waals surface area contributed by atoms with Crippen LogP contribution < -0.4 is 10.4 Å². The van der Waals surface area contributed by atoms with E-state index in [0.717, 1.165) is 5.56 Å². The Hall–Kier alpha value is -3.08. The standard InChI is InChI=1S/C21H18O5/c1-11-8-15(22)19-17(25-11)10-16(23)18-12(2)14(21(24)26-20(18)19)9-13-6-4-3-5-7-13/h3-7,10-11,23H,8-9H2,1-2H3. The van der Waals surface area contributed by atoms with Crippen molar-refractivity contribution in [2.45, 2.75) is 32.8 Å². The fourth-order valence-corrected chi connectivity index (χ4v) is 3.53. The molecule has 132 valence electrons. The first kappa shape index (κ1) is 16.4. The van der Waals surface area contributed by atoms with Gasteiger partial charge in [0.05, 0.1) is 5.39 Å². The molecule has 1 aliphatic rings. The van der Waals surface area contributed by atoms with Gasteiger partial charge in [-0.25, -0.2) is 4.79 Å². The van der Waals surface area contributed by atoms with Gasteiger partial charge in [-0.2, -0.15) is 0 Å². The van der Waals surface area contributed by atoms with Crippen molar-refractivity contribution in [1.29, 1.82) is 0 Å². The van der Waals surface area contributed by atoms with Crippen LogP contribution in [0.25, 0.3) is 11.0 Å². The number of aryl methyl sites for hydroxylation is 1. The molecule has 1 atom stereocenters. The first-order valence-corrected chi connectivity index (χ1v) is 8.51. The molecule has 0 aliphatic carbocycles. The van der Waals surface area contributed by atoms with E-state index < -0.39 is 5.63 Å². The first-order chi connectivity index (χ1) is 12.5. The number of phenolic OH excluding ortho intramolecular Hbond substituents is 1. The summed E-state index contributed by atoms with van der Waals surface area (Å²) >= 11 is 0. The summed E-state index contributed by atoms with van der Waals surface area (Å²) in [6.07, 6.45) is 0.321. The second-order valence-corrected chi connectivity index (χ2v) is 6.68. The zero-order valence-corrected chi connectivity index (χ0v) is 14.5. The summed E-state index contributed by atoms with van der Waals surface area (Å²) in [7, 11) is 0. The fraction of sp³-hybridized carbons (Fsp3) is 0.238. The number of hydrogen-bond acceptors (Lipinski definition) is 5. The third-order valence-corrected chi connectivity index (χ3v) is 4.80. The van der Waals surface area contributed by atoms with Gasteiger partial charge >= 0.3 is 5.63 Å². The van der Waals surface area contributed by atoms with Gasteiger partial charge < -0.3 is 14.3 Å². The van der Waals surface area contributed by atoms with Crippen LogP contribution in [0.5, 0.6) is 11.5 Å². The van der Waals surface area contributed by atoms with Crippen LogP contribution in [-0.2, 0) is 6.42 Å². The van der Waals surface area contributed by atoms with Gasteiger partial charge in [0.25, 0.3) is 0 Å². The molecule has 2 aromatic carbocycles. The molecule has 26 heavy (non-hydrogen) atoms. The van der Waals surface area contributed by atoms with Crippen molar-refractivity contribution >= 4 is 16.8 Å². The summed E-state index contributed by atoms with van der Waals surface area (Å²) in [5.41, 5.74) is 1.90. The minimum absolute atomic E-state index is 0.0591. The summed E-state index contributed by atoms with van der Waals surface area (Å²) in [6, 6.07) is 11.0. The Morgan fingerprint density at radius 1 is 1.19 bits per heavy atom. The lowest BCUT2D eigenvalue weighted by molar-refractivity contribution is 0.0871. The van der Waals surface area contributed by atoms with Crippen molar-refractivity contribution in [3.63, 3.8) is 0 Å². The lowest BCUT2D eigenvalue weighted by Gasteiger charge is -2.23. The zero-order chi connectivity index (χ0) is 18.4. The zero-order valence-electron chi connectivity index (χ0n) is 14.5. The Balaban J connectivity index is 1.97. The summed E-state index contributed by atoms with van der Waals surface area (Å²) in [5, 5.41) is 10.9. The number of aromatic hydroxyl groups is 1. The van der Waals surface area contributed by atoms with Gasteiger partial charge in [-0.05, 0) is 25.0 Å². The van der Waals surface area contributed by atoms with Crippen LogP contribution >= 0.6 is 0 Å². The van der Waals surface area contributed by atoms with Crippen LogP contribution in [0.2, 0.25) is 0 Å². The van der Waals surface area contributed by atoms with Crippen LogP contribution in [0.4, 0.5) is 0 Å². The van der Waals surface area contributed by atoms with Crippen LogP contribution in [0.15, 0.2) is 45.6 Å². The Morgan fingerprint density at radius 2 is 1.92 bits per heavy atom. The lowest BCUT2D eigenvalue weighted by atomic mass is 9.94. The molecule has 0 saturated carbocycles. The highest BCUT2D eigenvalue weighted by Gasteiger charge is 2.30. The Bertz CT molecular complexity index is 1080. The van der Waals surface area contributed by atoms with E-state index in [1.807, 2.05) is 30.3 Å². The Kier molecular flexibility index (Phi) is 3.80. The Labute approximate surface area is 149 Å². The van der Waals surface area contributed by atoms with E-state index >= 15 is 0 Å². The van der Waals surface area contributed by atoms with Crippen molar-refractivity contribution in [2.24, 2.45) is 0 Å². The normalized spacial score (nSPS) is 16.4. The summed E-state index contributed by atoms with van der Waals surface area (Å²) < 4.78 is 11.2. The molecule has 0 saturated heterocycles. The smallest absolute Gasteiger partial charge is 0.340 e. The second kappa shape index (κ2) is 6.02. The van der Waals surface area contributed by atoms with Gasteiger partial charge in [0.15, 0.2) is 11.4 Å². The lowest BCUT2D eigenvalue weighted by Crippen LogP contribution is -2.24. The predicted molar refractivity (Wildman–Crippen MR) is 97.2 cm³/mol. The van der Waals surface area contributed by atoms with E-state index in [1.165, 1.54) is 6.07 Å². The summed E-state index contributed by atoms with van der Waals surface area (Å²) in [5.74, 6) is 0.0513. The molecule has 0 radical (unpaired) electrons. The average Bonchev–Trinajstić information content (AvgIpc) is 2.58. The highest BCUT2D eigenvalue weighted by Crippen LogP contribution is 2.40. The minimum atomic E-state index is -0.502. The van der Waals surface area contributed by atoms with Crippen LogP contribution in [0.1, 0.15) is 40.4 Å². The number of benzene rings is 2. The van der Waals surface area contributed by atoms with Crippen molar-refractivity contribution in [3.05, 3.63) is 69.1 Å². The maximum atomic E-state index is 12.6. The second-order valence-electron chi connectivity index (χ2n) is 6.68. The SMILES string of the molecule is Cc1c(Cc2ccccc2)c(=O)oc2c3c(cc(O)c12)OC(C)CC3=O. The molecule has 1 unspecified atom stereocenters. The number of ether oxygens (including phenoxy) is 1. The van der Waals surface area contributed by atoms with Gasteiger partial charge in [-0.1, -0.05) is 30.3 Å². The maximum Gasteiger partial charge on any atom is 0.340 e. The Morgan fingerprint density at radius 3 is 2.65 bits per heavy atom. The number of ketones is 1. The molecule has 5 heteroatoms. The number of carbonyl (C=O) groups is 1. The topological polar surface area (TPSA) is 76.7 Å². The summed E-state index contributed by atoms with van der Waals surface area (Å²) in [4.78, 5) is 25.1. The van der Waals surface area contributed by atoms with Gasteiger partial charge in [-0.15, -0.1) is 0 Å². The molecule has 3 aromatic rings. The van der Waals surface area contributed by atoms with E-state index in [9.17, 15) is 14.7 Å². The molecule has 1 N–H and O–H groups in total. The van der Waals surface area contributed by atoms with E-state index in [-0.39, 0.29) is 41.0 Å². The molecule has 1 aliphatic heterocycles. The average molecular weight is 350 g/mol. The van der Waals surface area contributed by atoms with Gasteiger partial charge in [0, 0.05) is 24.5 Å². The van der Waals surface area contributed by atoms with Gasteiger partial charge in [0.1, 0.15) is 23.2 Å². The molecular formula is C21H18O5. The number of Topliss-reactive ketones (excluding diaryl/α,β-unsaturated/α-hetero) is 1. The first-order valence-electron chi connectivity index (χ1n) is 8.51. The maximum absolute atomic E-state index is 12.6. The quantitative estimate of drug-likeness (QED) is 0.712. The van der Waals surface area contributed by atoms with E-state index in [4.69, 9.17) is 9.15 Å². The van der Waals surface area contributed by atoms with E-state index in [2.05, 4.69) is 0 Å². The number of phenols is 1. The summed E-state index contributed by atoms with van der Waals surface area (Å²) in [6.45, 7) is 3.55. The van der Waals surface area contributed by atoms with Gasteiger partial charge in [0.2, 0.25) is 0 Å². The molecule has 4 rings (SSSR count). The van der Waals surface area contributed by atoms with Crippen LogP contribution in [0.3, 0.4) is 0 Å². The fourth-order valence-electron chi connectivity index (χ4n) is 3.53. The van der Waals surface area contributed by atoms with E-state index in [1.54, 1.807) is 13.8 Å². The molecular weight excluding hydrogens is 332 g/mol. The monoisotopic (exact) mass is 350 g/mol. The van der Waals surface area contributed by atoms with Crippen LogP contribution in [0, 0.1) is 6.92 Å². The van der Waals surface area contributed by atoms with Gasteiger partial charge in [-0.3, -0.25) is 4.79 Å². The van der Waals surface area contributed by atoms with Crippen molar-refractivity contribution in [2.75, 3.05) is 0 Å². The number of hydrogen-bond donors (Lipinski definition) is 1. The van der Waals surface area contributed by atoms with Crippen LogP contribution in [-0.4, -0.2) is 17.0 Å². The predicted octanol–water partition coefficient (Wildman–Crippen LogP) is 3.75. The highest BCUT2D eigenvalue weighted by atomic mass is 16.5. The molecule has 1 aromatic heterocycles. The molecule has 2 heterocycles. The number of carbonyl (C=O) groups excluding carboxylic acids is 1. The molecule has 0 fully saturated rings. The third kappa shape index (κ3) is 2.56.